The van der Waals surface area contributed by atoms with E-state index in [0.717, 1.165) is 50.5 Å². The quantitative estimate of drug-likeness (QED) is 0.878. The number of anilines is 1. The lowest BCUT2D eigenvalue weighted by Crippen LogP contribution is -2.43. The number of carbonyl (C=O) groups excluding carboxylic acids is 2. The molecule has 0 unspecified atom stereocenters. The van der Waals surface area contributed by atoms with Crippen molar-refractivity contribution >= 4 is 17.5 Å². The summed E-state index contributed by atoms with van der Waals surface area (Å²) in [4.78, 5) is 28.5. The van der Waals surface area contributed by atoms with E-state index in [0.29, 0.717) is 6.54 Å². The van der Waals surface area contributed by atoms with Gasteiger partial charge in [0.25, 0.3) is 5.91 Å². The number of fused-ring (bicyclic) bond motifs is 1. The first-order chi connectivity index (χ1) is 11.6. The number of hydrogen-bond acceptors (Lipinski definition) is 4. The number of aryl methyl sites for hydroxylation is 1. The third-order valence-electron chi connectivity index (χ3n) is 4.71. The Labute approximate surface area is 142 Å². The second-order valence-electron chi connectivity index (χ2n) is 6.32. The van der Waals surface area contributed by atoms with Gasteiger partial charge in [-0.25, -0.2) is 0 Å². The van der Waals surface area contributed by atoms with Crippen LogP contribution in [0.2, 0.25) is 0 Å². The maximum Gasteiger partial charge on any atom is 0.254 e. The Hall–Kier alpha value is -1.92. The molecule has 6 heteroatoms. The van der Waals surface area contributed by atoms with E-state index in [9.17, 15) is 9.59 Å². The second kappa shape index (κ2) is 7.32. The van der Waals surface area contributed by atoms with Crippen LogP contribution in [0, 0.1) is 0 Å². The van der Waals surface area contributed by atoms with Gasteiger partial charge in [0.1, 0.15) is 6.04 Å². The van der Waals surface area contributed by atoms with Gasteiger partial charge in [-0.15, -0.1) is 0 Å². The smallest absolute Gasteiger partial charge is 0.254 e. The molecule has 6 nitrogen and oxygen atoms in total. The summed E-state index contributed by atoms with van der Waals surface area (Å²) in [6, 6.07) is 5.55. The number of hydrogen-bond donors (Lipinski definition) is 1. The van der Waals surface area contributed by atoms with Gasteiger partial charge in [0.2, 0.25) is 5.91 Å². The largest absolute Gasteiger partial charge is 0.379 e. The Morgan fingerprint density at radius 1 is 1.29 bits per heavy atom. The molecule has 1 aromatic rings. The van der Waals surface area contributed by atoms with Crippen molar-refractivity contribution in [2.75, 3.05) is 44.3 Å². The van der Waals surface area contributed by atoms with Crippen molar-refractivity contribution in [3.8, 4) is 0 Å². The minimum Gasteiger partial charge on any atom is -0.379 e. The SMILES string of the molecule is CCc1ccc2c(c1)[C@@H](NC(C)=O)C(=O)N2CCN1CCOCC1. The summed E-state index contributed by atoms with van der Waals surface area (Å²) in [5.41, 5.74) is 3.01. The molecule has 0 radical (unpaired) electrons. The van der Waals surface area contributed by atoms with E-state index in [1.165, 1.54) is 12.5 Å². The maximum absolute atomic E-state index is 12.8. The van der Waals surface area contributed by atoms with Crippen LogP contribution < -0.4 is 10.2 Å². The summed E-state index contributed by atoms with van der Waals surface area (Å²) in [7, 11) is 0. The first-order valence-electron chi connectivity index (χ1n) is 8.61. The van der Waals surface area contributed by atoms with Crippen LogP contribution >= 0.6 is 0 Å². The number of benzene rings is 1. The van der Waals surface area contributed by atoms with Crippen molar-refractivity contribution in [2.45, 2.75) is 26.3 Å². The molecule has 2 heterocycles. The van der Waals surface area contributed by atoms with Gasteiger partial charge >= 0.3 is 0 Å². The summed E-state index contributed by atoms with van der Waals surface area (Å²) in [5.74, 6) is -0.224. The number of ether oxygens (including phenoxy) is 1. The van der Waals surface area contributed by atoms with Crippen molar-refractivity contribution in [3.05, 3.63) is 29.3 Å². The normalized spacial score (nSPS) is 21.0. The molecule has 2 amide bonds. The lowest BCUT2D eigenvalue weighted by Gasteiger charge is -2.28. The molecule has 1 saturated heterocycles. The third-order valence-corrected chi connectivity index (χ3v) is 4.71. The molecule has 1 fully saturated rings. The topological polar surface area (TPSA) is 61.9 Å². The van der Waals surface area contributed by atoms with Gasteiger partial charge in [0.15, 0.2) is 0 Å². The molecule has 0 bridgehead atoms. The predicted molar refractivity (Wildman–Crippen MR) is 92.0 cm³/mol. The van der Waals surface area contributed by atoms with Gasteiger partial charge in [-0.05, 0) is 18.1 Å². The standard InChI is InChI=1S/C18H25N3O3/c1-3-14-4-5-16-15(12-14)17(19-13(2)22)18(23)21(16)7-6-20-8-10-24-11-9-20/h4-5,12,17H,3,6-11H2,1-2H3,(H,19,22)/t17-/m1/s1. The molecule has 130 valence electrons. The average Bonchev–Trinajstić information content (AvgIpc) is 2.85. The first-order valence-corrected chi connectivity index (χ1v) is 8.61. The molecule has 1 aromatic carbocycles. The Balaban J connectivity index is 1.79. The molecule has 0 aromatic heterocycles. The predicted octanol–water partition coefficient (Wildman–Crippen LogP) is 1.10. The van der Waals surface area contributed by atoms with E-state index in [2.05, 4.69) is 23.2 Å². The molecule has 1 atom stereocenters. The summed E-state index contributed by atoms with van der Waals surface area (Å²) >= 11 is 0. The minimum absolute atomic E-state index is 0.0401. The summed E-state index contributed by atoms with van der Waals surface area (Å²) < 4.78 is 5.37. The van der Waals surface area contributed by atoms with Crippen LogP contribution in [0.3, 0.4) is 0 Å². The number of morpholine rings is 1. The fourth-order valence-corrected chi connectivity index (χ4v) is 3.35. The number of nitrogens with zero attached hydrogens (tertiary/aromatic N) is 2. The Kier molecular flexibility index (Phi) is 5.16. The highest BCUT2D eigenvalue weighted by atomic mass is 16.5. The zero-order valence-corrected chi connectivity index (χ0v) is 14.4. The highest BCUT2D eigenvalue weighted by molar-refractivity contribution is 6.06. The molecule has 2 aliphatic rings. The number of nitrogens with one attached hydrogen (secondary N) is 1. The number of amides is 2. The van der Waals surface area contributed by atoms with Crippen LogP contribution in [0.4, 0.5) is 5.69 Å². The van der Waals surface area contributed by atoms with E-state index in [4.69, 9.17) is 4.74 Å². The van der Waals surface area contributed by atoms with E-state index >= 15 is 0 Å². The molecule has 24 heavy (non-hydrogen) atoms. The number of carbonyl (C=O) groups is 2. The summed E-state index contributed by atoms with van der Waals surface area (Å²) in [6.07, 6.45) is 0.905. The van der Waals surface area contributed by atoms with E-state index in [1.807, 2.05) is 17.0 Å². The monoisotopic (exact) mass is 331 g/mol. The molecular formula is C18H25N3O3. The third kappa shape index (κ3) is 3.44. The van der Waals surface area contributed by atoms with Crippen molar-refractivity contribution < 1.29 is 14.3 Å². The van der Waals surface area contributed by atoms with Gasteiger partial charge in [-0.2, -0.15) is 0 Å². The van der Waals surface area contributed by atoms with Crippen LogP contribution in [0.15, 0.2) is 18.2 Å². The fourth-order valence-electron chi connectivity index (χ4n) is 3.35. The van der Waals surface area contributed by atoms with Gasteiger partial charge in [-0.1, -0.05) is 19.1 Å². The molecule has 0 spiro atoms. The van der Waals surface area contributed by atoms with E-state index in [1.54, 1.807) is 0 Å². The maximum atomic E-state index is 12.8. The molecule has 1 N–H and O–H groups in total. The highest BCUT2D eigenvalue weighted by Crippen LogP contribution is 2.36. The fraction of sp³-hybridized carbons (Fsp3) is 0.556. The minimum atomic E-state index is -0.561. The van der Waals surface area contributed by atoms with Crippen molar-refractivity contribution in [2.24, 2.45) is 0 Å². The van der Waals surface area contributed by atoms with Crippen LogP contribution in [0.5, 0.6) is 0 Å². The van der Waals surface area contributed by atoms with Crippen LogP contribution in [-0.4, -0.2) is 56.1 Å². The van der Waals surface area contributed by atoms with Crippen LogP contribution in [-0.2, 0) is 20.7 Å². The van der Waals surface area contributed by atoms with Gasteiger partial charge in [-0.3, -0.25) is 14.5 Å². The van der Waals surface area contributed by atoms with E-state index < -0.39 is 6.04 Å². The Morgan fingerprint density at radius 2 is 2.04 bits per heavy atom. The zero-order valence-electron chi connectivity index (χ0n) is 14.4. The van der Waals surface area contributed by atoms with Crippen LogP contribution in [0.1, 0.15) is 31.0 Å². The lowest BCUT2D eigenvalue weighted by molar-refractivity contribution is -0.126. The molecule has 2 aliphatic heterocycles. The van der Waals surface area contributed by atoms with E-state index in [-0.39, 0.29) is 11.8 Å². The molecular weight excluding hydrogens is 306 g/mol. The van der Waals surface area contributed by atoms with Crippen LogP contribution in [0.25, 0.3) is 0 Å². The molecule has 0 aliphatic carbocycles. The first kappa shape index (κ1) is 16.9. The van der Waals surface area contributed by atoms with Crippen molar-refractivity contribution in [1.29, 1.82) is 0 Å². The Bertz CT molecular complexity index is 626. The Morgan fingerprint density at radius 3 is 2.71 bits per heavy atom. The molecule has 0 saturated carbocycles. The van der Waals surface area contributed by atoms with Crippen molar-refractivity contribution in [3.63, 3.8) is 0 Å². The van der Waals surface area contributed by atoms with Gasteiger partial charge in [0.05, 0.1) is 13.2 Å². The van der Waals surface area contributed by atoms with Gasteiger partial charge in [0, 0.05) is 44.4 Å². The summed E-state index contributed by atoms with van der Waals surface area (Å²) in [5, 5.41) is 2.80. The molecule has 3 rings (SSSR count). The van der Waals surface area contributed by atoms with Gasteiger partial charge < -0.3 is 15.0 Å². The second-order valence-corrected chi connectivity index (χ2v) is 6.32. The highest BCUT2D eigenvalue weighted by Gasteiger charge is 2.37. The number of rotatable bonds is 5. The summed E-state index contributed by atoms with van der Waals surface area (Å²) in [6.45, 7) is 8.29. The average molecular weight is 331 g/mol. The zero-order chi connectivity index (χ0) is 17.1. The van der Waals surface area contributed by atoms with Crippen molar-refractivity contribution in [1.82, 2.24) is 10.2 Å². The lowest BCUT2D eigenvalue weighted by atomic mass is 10.0.